The van der Waals surface area contributed by atoms with Crippen molar-refractivity contribution in [1.29, 1.82) is 0 Å². The van der Waals surface area contributed by atoms with Crippen molar-refractivity contribution >= 4 is 29.3 Å². The van der Waals surface area contributed by atoms with Crippen LogP contribution in [0.15, 0.2) is 66.0 Å². The Morgan fingerprint density at radius 1 is 0.943 bits per heavy atom. The van der Waals surface area contributed by atoms with Gasteiger partial charge in [0.1, 0.15) is 6.61 Å². The molecule has 0 spiro atoms. The fourth-order valence-corrected chi connectivity index (χ4v) is 5.14. The molecule has 0 bridgehead atoms. The predicted molar refractivity (Wildman–Crippen MR) is 134 cm³/mol. The van der Waals surface area contributed by atoms with Gasteiger partial charge in [-0.1, -0.05) is 68.4 Å². The third kappa shape index (κ3) is 5.54. The zero-order valence-corrected chi connectivity index (χ0v) is 20.4. The van der Waals surface area contributed by atoms with Crippen molar-refractivity contribution in [3.05, 3.63) is 82.0 Å². The Morgan fingerprint density at radius 3 is 2.11 bits per heavy atom. The lowest BCUT2D eigenvalue weighted by atomic mass is 9.98. The molecule has 1 heterocycles. The van der Waals surface area contributed by atoms with Gasteiger partial charge in [0, 0.05) is 23.3 Å². The van der Waals surface area contributed by atoms with Crippen LogP contribution in [0.4, 0.5) is 4.79 Å². The summed E-state index contributed by atoms with van der Waals surface area (Å²) in [6, 6.07) is 18.0. The summed E-state index contributed by atoms with van der Waals surface area (Å²) in [5.74, 6) is -1.71. The van der Waals surface area contributed by atoms with Gasteiger partial charge in [-0.15, -0.1) is 11.3 Å². The summed E-state index contributed by atoms with van der Waals surface area (Å²) in [6.07, 6.45) is -0.664. The first kappa shape index (κ1) is 24.5. The van der Waals surface area contributed by atoms with E-state index in [0.717, 1.165) is 22.3 Å². The van der Waals surface area contributed by atoms with E-state index < -0.39 is 30.1 Å². The fraction of sp³-hybridized carbons (Fsp3) is 0.296. The van der Waals surface area contributed by atoms with E-state index in [2.05, 4.69) is 34.9 Å². The maximum atomic E-state index is 12.7. The second-order valence-corrected chi connectivity index (χ2v) is 9.86. The number of hydrogen-bond donors (Lipinski definition) is 3. The summed E-state index contributed by atoms with van der Waals surface area (Å²) in [5.41, 5.74) is 4.53. The van der Waals surface area contributed by atoms with Gasteiger partial charge in [0.15, 0.2) is 6.04 Å². The molecular weight excluding hydrogens is 464 g/mol. The van der Waals surface area contributed by atoms with E-state index in [9.17, 15) is 19.5 Å². The maximum absolute atomic E-state index is 12.7. The molecule has 4 rings (SSSR count). The molecule has 2 unspecified atom stereocenters. The lowest BCUT2D eigenvalue weighted by molar-refractivity contribution is -0.142. The highest BCUT2D eigenvalue weighted by molar-refractivity contribution is 7.10. The smallest absolute Gasteiger partial charge is 0.407 e. The van der Waals surface area contributed by atoms with Gasteiger partial charge >= 0.3 is 12.1 Å². The molecule has 7 nitrogen and oxygen atoms in total. The number of thiophene rings is 1. The number of carbonyl (C=O) groups excluding carboxylic acids is 2. The molecule has 0 radical (unpaired) electrons. The molecule has 8 heteroatoms. The zero-order chi connectivity index (χ0) is 24.9. The van der Waals surface area contributed by atoms with E-state index in [1.165, 1.54) is 11.3 Å². The first-order valence-corrected chi connectivity index (χ1v) is 12.4. The molecule has 182 valence electrons. The first-order chi connectivity index (χ1) is 16.8. The average molecular weight is 493 g/mol. The van der Waals surface area contributed by atoms with Crippen LogP contribution in [0.5, 0.6) is 0 Å². The molecule has 2 atom stereocenters. The summed E-state index contributed by atoms with van der Waals surface area (Å²) in [7, 11) is 0. The second kappa shape index (κ2) is 10.7. The third-order valence-corrected chi connectivity index (χ3v) is 7.17. The van der Waals surface area contributed by atoms with Crippen LogP contribution in [-0.2, 0) is 14.3 Å². The van der Waals surface area contributed by atoms with E-state index in [0.29, 0.717) is 4.88 Å². The molecule has 2 aromatic carbocycles. The molecule has 0 saturated heterocycles. The summed E-state index contributed by atoms with van der Waals surface area (Å²) < 4.78 is 5.61. The van der Waals surface area contributed by atoms with Crippen LogP contribution in [0, 0.1) is 5.92 Å². The quantitative estimate of drug-likeness (QED) is 0.392. The van der Waals surface area contributed by atoms with Crippen molar-refractivity contribution in [2.75, 3.05) is 6.61 Å². The minimum absolute atomic E-state index is 0.0585. The normalized spacial score (nSPS) is 14.0. The maximum Gasteiger partial charge on any atom is 0.407 e. The summed E-state index contributed by atoms with van der Waals surface area (Å²) in [5, 5.41) is 16.6. The van der Waals surface area contributed by atoms with Gasteiger partial charge in [-0.3, -0.25) is 4.79 Å². The van der Waals surface area contributed by atoms with E-state index >= 15 is 0 Å². The van der Waals surface area contributed by atoms with Crippen molar-refractivity contribution in [2.24, 2.45) is 5.92 Å². The van der Waals surface area contributed by atoms with Gasteiger partial charge in [-0.25, -0.2) is 9.59 Å². The molecule has 35 heavy (non-hydrogen) atoms. The lowest BCUT2D eigenvalue weighted by Gasteiger charge is -2.23. The largest absolute Gasteiger partial charge is 0.479 e. The number of carboxylic acid groups (broad SMARTS) is 1. The Balaban J connectivity index is 1.36. The van der Waals surface area contributed by atoms with Crippen LogP contribution in [0.2, 0.25) is 0 Å². The number of benzene rings is 2. The molecule has 1 aliphatic rings. The number of fused-ring (bicyclic) bond motifs is 3. The number of carbonyl (C=O) groups is 3. The predicted octanol–water partition coefficient (Wildman–Crippen LogP) is 4.94. The van der Waals surface area contributed by atoms with Gasteiger partial charge in [-0.05, 0) is 39.6 Å². The Bertz CT molecular complexity index is 1160. The third-order valence-electron chi connectivity index (χ3n) is 6.24. The number of amides is 2. The number of nitrogens with one attached hydrogen (secondary N) is 2. The van der Waals surface area contributed by atoms with E-state index in [4.69, 9.17) is 4.74 Å². The van der Waals surface area contributed by atoms with Crippen LogP contribution in [0.1, 0.15) is 48.2 Å². The standard InChI is InChI=1S/C27H28N2O5S/c1-16(2)22(14-24(30)29-25(26(31)32)23-12-7-13-35-23)28-27(33)34-15-21-19-10-5-3-8-17(19)18-9-4-6-11-20(18)21/h3-13,16,21-22,25H,14-15H2,1-2H3,(H,28,33)(H,29,30)(H,31,32). The van der Waals surface area contributed by atoms with Crippen LogP contribution in [-0.4, -0.2) is 35.7 Å². The van der Waals surface area contributed by atoms with Crippen LogP contribution in [0.3, 0.4) is 0 Å². The Hall–Kier alpha value is -3.65. The van der Waals surface area contributed by atoms with Crippen LogP contribution >= 0.6 is 11.3 Å². The molecule has 1 aromatic heterocycles. The molecule has 3 aromatic rings. The Labute approximate surface area is 208 Å². The highest BCUT2D eigenvalue weighted by Crippen LogP contribution is 2.44. The van der Waals surface area contributed by atoms with Gasteiger partial charge in [0.2, 0.25) is 5.91 Å². The van der Waals surface area contributed by atoms with Crippen molar-refractivity contribution in [1.82, 2.24) is 10.6 Å². The minimum atomic E-state index is -1.13. The van der Waals surface area contributed by atoms with Crippen LogP contribution < -0.4 is 10.6 Å². The highest BCUT2D eigenvalue weighted by atomic mass is 32.1. The topological polar surface area (TPSA) is 105 Å². The summed E-state index contributed by atoms with van der Waals surface area (Å²) in [4.78, 5) is 37.5. The van der Waals surface area contributed by atoms with Crippen molar-refractivity contribution < 1.29 is 24.2 Å². The zero-order valence-electron chi connectivity index (χ0n) is 19.6. The number of aliphatic carboxylic acids is 1. The van der Waals surface area contributed by atoms with E-state index in [1.54, 1.807) is 17.5 Å². The molecular formula is C27H28N2O5S. The number of hydrogen-bond acceptors (Lipinski definition) is 5. The van der Waals surface area contributed by atoms with Crippen molar-refractivity contribution in [3.63, 3.8) is 0 Å². The van der Waals surface area contributed by atoms with Crippen molar-refractivity contribution in [2.45, 2.75) is 38.3 Å². The van der Waals surface area contributed by atoms with Gasteiger partial charge in [0.25, 0.3) is 0 Å². The molecule has 0 aliphatic heterocycles. The molecule has 2 amide bonds. The van der Waals surface area contributed by atoms with Gasteiger partial charge in [-0.2, -0.15) is 0 Å². The van der Waals surface area contributed by atoms with E-state index in [-0.39, 0.29) is 24.9 Å². The number of carboxylic acids is 1. The average Bonchev–Trinajstić information content (AvgIpc) is 3.47. The highest BCUT2D eigenvalue weighted by Gasteiger charge is 2.30. The summed E-state index contributed by atoms with van der Waals surface area (Å²) in [6.45, 7) is 3.95. The molecule has 0 saturated carbocycles. The monoisotopic (exact) mass is 492 g/mol. The van der Waals surface area contributed by atoms with Gasteiger partial charge in [0.05, 0.1) is 0 Å². The number of ether oxygens (including phenoxy) is 1. The fourth-order valence-electron chi connectivity index (χ4n) is 4.37. The number of alkyl carbamates (subject to hydrolysis) is 1. The first-order valence-electron chi connectivity index (χ1n) is 11.5. The molecule has 3 N–H and O–H groups in total. The lowest BCUT2D eigenvalue weighted by Crippen LogP contribution is -2.44. The minimum Gasteiger partial charge on any atom is -0.479 e. The van der Waals surface area contributed by atoms with E-state index in [1.807, 2.05) is 38.1 Å². The number of rotatable bonds is 9. The Morgan fingerprint density at radius 2 is 1.57 bits per heavy atom. The van der Waals surface area contributed by atoms with Crippen molar-refractivity contribution in [3.8, 4) is 11.1 Å². The molecule has 0 fully saturated rings. The second-order valence-electron chi connectivity index (χ2n) is 8.88. The SMILES string of the molecule is CC(C)C(CC(=O)NC(C(=O)O)c1cccs1)NC(=O)OCC1c2ccccc2-c2ccccc21. The Kier molecular flexibility index (Phi) is 7.51. The summed E-state index contributed by atoms with van der Waals surface area (Å²) >= 11 is 1.26. The molecule has 1 aliphatic carbocycles. The van der Waals surface area contributed by atoms with Gasteiger partial charge < -0.3 is 20.5 Å². The van der Waals surface area contributed by atoms with Crippen LogP contribution in [0.25, 0.3) is 11.1 Å².